The van der Waals surface area contributed by atoms with E-state index >= 15 is 0 Å². The number of thiophene rings is 1. The van der Waals surface area contributed by atoms with Crippen molar-refractivity contribution in [3.05, 3.63) is 51.4 Å². The molecule has 0 radical (unpaired) electrons. The highest BCUT2D eigenvalue weighted by molar-refractivity contribution is 7.80. The molecule has 0 saturated heterocycles. The van der Waals surface area contributed by atoms with Gasteiger partial charge in [0.2, 0.25) is 0 Å². The zero-order chi connectivity index (χ0) is 20.3. The first kappa shape index (κ1) is 20.3. The van der Waals surface area contributed by atoms with Gasteiger partial charge in [0.25, 0.3) is 11.8 Å². The van der Waals surface area contributed by atoms with Crippen molar-refractivity contribution in [3.63, 3.8) is 0 Å². The lowest BCUT2D eigenvalue weighted by Crippen LogP contribution is -2.34. The zero-order valence-electron chi connectivity index (χ0n) is 14.9. The van der Waals surface area contributed by atoms with Gasteiger partial charge in [0.15, 0.2) is 16.7 Å². The third-order valence-corrected chi connectivity index (χ3v) is 5.96. The lowest BCUT2D eigenvalue weighted by atomic mass is 9.96. The number of halogens is 2. The molecule has 0 atom stereocenters. The molecule has 1 aliphatic carbocycles. The fraction of sp³-hybridized carbons (Fsp3) is 0.316. The van der Waals surface area contributed by atoms with E-state index in [9.17, 15) is 18.4 Å². The van der Waals surface area contributed by atoms with Gasteiger partial charge >= 0.3 is 0 Å². The van der Waals surface area contributed by atoms with Crippen LogP contribution in [0.2, 0.25) is 0 Å². The number of benzene rings is 1. The zero-order valence-corrected chi connectivity index (χ0v) is 16.6. The molecule has 1 aromatic heterocycles. The first-order valence-corrected chi connectivity index (χ1v) is 10.1. The summed E-state index contributed by atoms with van der Waals surface area (Å²) in [6, 6.07) is 2.81. The lowest BCUT2D eigenvalue weighted by Gasteiger charge is -2.11. The minimum Gasteiger partial charge on any atom is -0.365 e. The molecule has 148 valence electrons. The Hall–Kier alpha value is -2.39. The smallest absolute Gasteiger partial charge is 0.257 e. The second-order valence-electron chi connectivity index (χ2n) is 6.52. The Kier molecular flexibility index (Phi) is 6.35. The molecule has 1 aliphatic rings. The van der Waals surface area contributed by atoms with Crippen LogP contribution in [0.1, 0.15) is 56.8 Å². The second kappa shape index (κ2) is 8.74. The molecule has 0 bridgehead atoms. The predicted octanol–water partition coefficient (Wildman–Crippen LogP) is 3.91. The third kappa shape index (κ3) is 4.53. The van der Waals surface area contributed by atoms with Crippen molar-refractivity contribution in [1.82, 2.24) is 5.32 Å². The average Bonchev–Trinajstić information content (AvgIpc) is 2.93. The second-order valence-corrected chi connectivity index (χ2v) is 8.04. The van der Waals surface area contributed by atoms with Crippen molar-refractivity contribution in [2.24, 2.45) is 5.73 Å². The molecule has 0 saturated carbocycles. The van der Waals surface area contributed by atoms with Crippen molar-refractivity contribution < 1.29 is 18.4 Å². The van der Waals surface area contributed by atoms with Crippen LogP contribution in [-0.4, -0.2) is 16.9 Å². The Morgan fingerprint density at radius 3 is 2.46 bits per heavy atom. The molecule has 2 aromatic rings. The largest absolute Gasteiger partial charge is 0.365 e. The lowest BCUT2D eigenvalue weighted by molar-refractivity contribution is 0.0975. The van der Waals surface area contributed by atoms with Gasteiger partial charge < -0.3 is 11.1 Å². The van der Waals surface area contributed by atoms with Gasteiger partial charge in [-0.05, 0) is 61.7 Å². The van der Waals surface area contributed by atoms with Crippen molar-refractivity contribution in [3.8, 4) is 0 Å². The van der Waals surface area contributed by atoms with E-state index in [-0.39, 0.29) is 10.7 Å². The number of nitrogens with two attached hydrogens (primary N) is 1. The molecule has 0 unspecified atom stereocenters. The number of rotatable bonds is 3. The third-order valence-electron chi connectivity index (χ3n) is 4.55. The summed E-state index contributed by atoms with van der Waals surface area (Å²) < 4.78 is 26.3. The number of aryl methyl sites for hydroxylation is 1. The van der Waals surface area contributed by atoms with Crippen LogP contribution >= 0.6 is 23.6 Å². The van der Waals surface area contributed by atoms with Crippen LogP contribution in [-0.2, 0) is 12.8 Å². The number of carbonyl (C=O) groups excluding carboxylic acids is 2. The molecular formula is C19H19F2N3O2S2. The molecule has 0 aliphatic heterocycles. The summed E-state index contributed by atoms with van der Waals surface area (Å²) in [5, 5.41) is 5.72. The topological polar surface area (TPSA) is 84.2 Å². The Balaban J connectivity index is 1.77. The van der Waals surface area contributed by atoms with Gasteiger partial charge in [-0.2, -0.15) is 0 Å². The first-order chi connectivity index (χ1) is 13.4. The van der Waals surface area contributed by atoms with Gasteiger partial charge in [0.1, 0.15) is 5.00 Å². The summed E-state index contributed by atoms with van der Waals surface area (Å²) >= 11 is 6.56. The number of amides is 2. The molecule has 1 heterocycles. The van der Waals surface area contributed by atoms with E-state index in [0.717, 1.165) is 67.2 Å². The summed E-state index contributed by atoms with van der Waals surface area (Å²) in [5.74, 6) is -3.40. The number of hydrogen-bond donors (Lipinski definition) is 3. The van der Waals surface area contributed by atoms with Gasteiger partial charge in [-0.15, -0.1) is 11.3 Å². The van der Waals surface area contributed by atoms with Crippen molar-refractivity contribution in [2.75, 3.05) is 5.32 Å². The van der Waals surface area contributed by atoms with E-state index in [1.807, 2.05) is 0 Å². The van der Waals surface area contributed by atoms with E-state index in [0.29, 0.717) is 10.6 Å². The van der Waals surface area contributed by atoms with Gasteiger partial charge in [0, 0.05) is 10.4 Å². The van der Waals surface area contributed by atoms with Gasteiger partial charge in [0.05, 0.1) is 5.56 Å². The SMILES string of the molecule is NC(=O)c1c(NC(=S)NC(=O)c2ccc(F)c(F)c2)sc2c1CCCCCC2. The molecule has 9 heteroatoms. The van der Waals surface area contributed by atoms with Crippen LogP contribution < -0.4 is 16.4 Å². The molecule has 5 nitrogen and oxygen atoms in total. The maximum atomic E-state index is 13.3. The summed E-state index contributed by atoms with van der Waals surface area (Å²) in [6.45, 7) is 0. The highest BCUT2D eigenvalue weighted by Gasteiger charge is 2.23. The van der Waals surface area contributed by atoms with Crippen LogP contribution in [0.4, 0.5) is 13.8 Å². The fourth-order valence-corrected chi connectivity index (χ4v) is 4.77. The Morgan fingerprint density at radius 2 is 1.79 bits per heavy atom. The average molecular weight is 424 g/mol. The van der Waals surface area contributed by atoms with E-state index in [2.05, 4.69) is 10.6 Å². The van der Waals surface area contributed by atoms with Crippen LogP contribution in [0.3, 0.4) is 0 Å². The molecule has 0 spiro atoms. The number of carbonyl (C=O) groups is 2. The molecule has 0 fully saturated rings. The van der Waals surface area contributed by atoms with E-state index in [1.54, 1.807) is 0 Å². The normalized spacial score (nSPS) is 13.8. The van der Waals surface area contributed by atoms with Crippen LogP contribution in [0.15, 0.2) is 18.2 Å². The molecule has 4 N–H and O–H groups in total. The number of nitrogens with one attached hydrogen (secondary N) is 2. The minimum atomic E-state index is -1.12. The number of primary amides is 1. The molecule has 3 rings (SSSR count). The molecular weight excluding hydrogens is 404 g/mol. The van der Waals surface area contributed by atoms with Crippen LogP contribution in [0, 0.1) is 11.6 Å². The predicted molar refractivity (Wildman–Crippen MR) is 109 cm³/mol. The fourth-order valence-electron chi connectivity index (χ4n) is 3.22. The first-order valence-electron chi connectivity index (χ1n) is 8.88. The molecule has 1 aromatic carbocycles. The maximum Gasteiger partial charge on any atom is 0.257 e. The monoisotopic (exact) mass is 423 g/mol. The Morgan fingerprint density at radius 1 is 1.07 bits per heavy atom. The number of thiocarbonyl (C=S) groups is 1. The summed E-state index contributed by atoms with van der Waals surface area (Å²) in [6.07, 6.45) is 5.94. The van der Waals surface area contributed by atoms with Gasteiger partial charge in [-0.3, -0.25) is 14.9 Å². The Labute approximate surface area is 170 Å². The summed E-state index contributed by atoms with van der Waals surface area (Å²) in [7, 11) is 0. The van der Waals surface area contributed by atoms with E-state index in [1.165, 1.54) is 11.3 Å². The van der Waals surface area contributed by atoms with Crippen molar-refractivity contribution >= 4 is 45.5 Å². The standard InChI is InChI=1S/C19H19F2N3O2S2/c20-12-8-7-10(9-13(12)21)17(26)23-19(27)24-18-15(16(22)25)11-5-3-1-2-4-6-14(11)28-18/h7-9H,1-6H2,(H2,22,25)(H2,23,24,26,27). The van der Waals surface area contributed by atoms with Crippen LogP contribution in [0.25, 0.3) is 0 Å². The van der Waals surface area contributed by atoms with E-state index in [4.69, 9.17) is 18.0 Å². The summed E-state index contributed by atoms with van der Waals surface area (Å²) in [5.41, 5.74) is 6.88. The minimum absolute atomic E-state index is 0.0496. The maximum absolute atomic E-state index is 13.3. The highest BCUT2D eigenvalue weighted by atomic mass is 32.1. The molecule has 2 amide bonds. The van der Waals surface area contributed by atoms with Crippen LogP contribution in [0.5, 0.6) is 0 Å². The van der Waals surface area contributed by atoms with Gasteiger partial charge in [-0.25, -0.2) is 8.78 Å². The van der Waals surface area contributed by atoms with Gasteiger partial charge in [-0.1, -0.05) is 12.8 Å². The number of fused-ring (bicyclic) bond motifs is 1. The summed E-state index contributed by atoms with van der Waals surface area (Å²) in [4.78, 5) is 25.3. The number of anilines is 1. The van der Waals surface area contributed by atoms with E-state index < -0.39 is 23.4 Å². The van der Waals surface area contributed by atoms with Crippen molar-refractivity contribution in [2.45, 2.75) is 38.5 Å². The highest BCUT2D eigenvalue weighted by Crippen LogP contribution is 2.36. The van der Waals surface area contributed by atoms with Crippen molar-refractivity contribution in [1.29, 1.82) is 0 Å². The quantitative estimate of drug-likeness (QED) is 0.654. The molecule has 28 heavy (non-hydrogen) atoms. The Bertz CT molecular complexity index is 944. The number of hydrogen-bond acceptors (Lipinski definition) is 4.